The first-order valence-corrected chi connectivity index (χ1v) is 8.87. The second-order valence-electron chi connectivity index (χ2n) is 6.48. The smallest absolute Gasteiger partial charge is 0.236 e. The van der Waals surface area contributed by atoms with Gasteiger partial charge in [-0.3, -0.25) is 9.69 Å². The molecule has 3 rings (SSSR count). The fraction of sp³-hybridized carbons (Fsp3) is 0.706. The predicted octanol–water partition coefficient (Wildman–Crippen LogP) is 1.01. The highest BCUT2D eigenvalue weighted by molar-refractivity contribution is 5.78. The van der Waals surface area contributed by atoms with Gasteiger partial charge in [0.25, 0.3) is 0 Å². The molecule has 1 amide bonds. The number of ether oxygens (including phenoxy) is 1. The number of nitrogens with zero attached hydrogens (tertiary/aromatic N) is 5. The Labute approximate surface area is 143 Å². The van der Waals surface area contributed by atoms with Crippen molar-refractivity contribution in [3.8, 4) is 5.88 Å². The van der Waals surface area contributed by atoms with E-state index in [-0.39, 0.29) is 5.91 Å². The Morgan fingerprint density at radius 1 is 1.04 bits per heavy atom. The number of hydrogen-bond acceptors (Lipinski definition) is 6. The number of rotatable bonds is 4. The molecule has 2 saturated heterocycles. The predicted molar refractivity (Wildman–Crippen MR) is 92.3 cm³/mol. The number of carbonyl (C=O) groups is 1. The average Bonchev–Trinajstić information content (AvgIpc) is 2.92. The maximum absolute atomic E-state index is 12.5. The van der Waals surface area contributed by atoms with Gasteiger partial charge in [-0.2, -0.15) is 0 Å². The fourth-order valence-corrected chi connectivity index (χ4v) is 3.36. The molecular formula is C17H27N5O2. The van der Waals surface area contributed by atoms with Gasteiger partial charge in [0.1, 0.15) is 12.1 Å². The summed E-state index contributed by atoms with van der Waals surface area (Å²) in [6.45, 7) is 5.90. The van der Waals surface area contributed by atoms with E-state index in [1.165, 1.54) is 19.2 Å². The van der Waals surface area contributed by atoms with Crippen molar-refractivity contribution in [2.24, 2.45) is 0 Å². The number of anilines is 1. The van der Waals surface area contributed by atoms with E-state index in [4.69, 9.17) is 4.74 Å². The second kappa shape index (κ2) is 8.28. The Kier molecular flexibility index (Phi) is 5.85. The van der Waals surface area contributed by atoms with Crippen molar-refractivity contribution < 1.29 is 9.53 Å². The van der Waals surface area contributed by atoms with Crippen molar-refractivity contribution in [1.29, 1.82) is 0 Å². The van der Waals surface area contributed by atoms with Crippen LogP contribution in [0.3, 0.4) is 0 Å². The zero-order valence-corrected chi connectivity index (χ0v) is 14.5. The minimum Gasteiger partial charge on any atom is -0.481 e. The van der Waals surface area contributed by atoms with E-state index in [2.05, 4.69) is 24.7 Å². The Morgan fingerprint density at radius 3 is 2.42 bits per heavy atom. The third-order valence-electron chi connectivity index (χ3n) is 4.85. The summed E-state index contributed by atoms with van der Waals surface area (Å²) in [5.41, 5.74) is 0. The lowest BCUT2D eigenvalue weighted by atomic mass is 10.2. The second-order valence-corrected chi connectivity index (χ2v) is 6.48. The molecule has 2 fully saturated rings. The van der Waals surface area contributed by atoms with Crippen molar-refractivity contribution in [3.05, 3.63) is 12.4 Å². The molecule has 0 saturated carbocycles. The third kappa shape index (κ3) is 4.35. The molecule has 0 aliphatic carbocycles. The molecule has 3 heterocycles. The van der Waals surface area contributed by atoms with Crippen LogP contribution in [0.15, 0.2) is 12.4 Å². The van der Waals surface area contributed by atoms with E-state index >= 15 is 0 Å². The molecule has 1 aromatic heterocycles. The van der Waals surface area contributed by atoms with Gasteiger partial charge in [-0.25, -0.2) is 9.97 Å². The SMILES string of the molecule is COc1cc(N2CCN(CC(=O)N3CCCCCC3)CC2)ncn1. The number of aromatic nitrogens is 2. The Hall–Kier alpha value is -1.89. The molecular weight excluding hydrogens is 306 g/mol. The van der Waals surface area contributed by atoms with Crippen LogP contribution in [-0.2, 0) is 4.79 Å². The van der Waals surface area contributed by atoms with Crippen molar-refractivity contribution in [1.82, 2.24) is 19.8 Å². The normalized spacial score (nSPS) is 19.9. The first kappa shape index (κ1) is 17.0. The van der Waals surface area contributed by atoms with Crippen LogP contribution in [0.1, 0.15) is 25.7 Å². The van der Waals surface area contributed by atoms with Gasteiger partial charge in [-0.15, -0.1) is 0 Å². The third-order valence-corrected chi connectivity index (χ3v) is 4.85. The van der Waals surface area contributed by atoms with E-state index in [9.17, 15) is 4.79 Å². The van der Waals surface area contributed by atoms with Crippen LogP contribution in [-0.4, -0.2) is 78.6 Å². The quantitative estimate of drug-likeness (QED) is 0.819. The topological polar surface area (TPSA) is 61.8 Å². The molecule has 2 aliphatic heterocycles. The number of piperazine rings is 1. The fourth-order valence-electron chi connectivity index (χ4n) is 3.36. The highest BCUT2D eigenvalue weighted by Crippen LogP contribution is 2.17. The summed E-state index contributed by atoms with van der Waals surface area (Å²) in [6, 6.07) is 1.86. The number of likely N-dealkylation sites (tertiary alicyclic amines) is 1. The van der Waals surface area contributed by atoms with Crippen molar-refractivity contribution in [3.63, 3.8) is 0 Å². The molecule has 1 aromatic rings. The summed E-state index contributed by atoms with van der Waals surface area (Å²) in [7, 11) is 1.61. The van der Waals surface area contributed by atoms with E-state index < -0.39 is 0 Å². The lowest BCUT2D eigenvalue weighted by molar-refractivity contribution is -0.132. The molecule has 0 atom stereocenters. The van der Waals surface area contributed by atoms with Crippen LogP contribution in [0, 0.1) is 0 Å². The highest BCUT2D eigenvalue weighted by atomic mass is 16.5. The van der Waals surface area contributed by atoms with Crippen molar-refractivity contribution in [2.45, 2.75) is 25.7 Å². The highest BCUT2D eigenvalue weighted by Gasteiger charge is 2.23. The van der Waals surface area contributed by atoms with Crippen molar-refractivity contribution in [2.75, 3.05) is 57.8 Å². The largest absolute Gasteiger partial charge is 0.481 e. The summed E-state index contributed by atoms with van der Waals surface area (Å²) in [6.07, 6.45) is 6.34. The molecule has 7 nitrogen and oxygen atoms in total. The monoisotopic (exact) mass is 333 g/mol. The van der Waals surface area contributed by atoms with Crippen LogP contribution in [0.5, 0.6) is 5.88 Å². The number of carbonyl (C=O) groups excluding carboxylic acids is 1. The molecule has 132 valence electrons. The summed E-state index contributed by atoms with van der Waals surface area (Å²) in [5.74, 6) is 1.76. The molecule has 0 unspecified atom stereocenters. The maximum Gasteiger partial charge on any atom is 0.236 e. The van der Waals surface area contributed by atoms with E-state index in [0.717, 1.165) is 57.9 Å². The van der Waals surface area contributed by atoms with Gasteiger partial charge < -0.3 is 14.5 Å². The average molecular weight is 333 g/mol. The van der Waals surface area contributed by atoms with Crippen LogP contribution in [0.25, 0.3) is 0 Å². The standard InChI is InChI=1S/C17H27N5O2/c1-24-16-12-15(18-14-19-16)21-10-8-20(9-11-21)13-17(23)22-6-4-2-3-5-7-22/h12,14H,2-11,13H2,1H3. The van der Waals surface area contributed by atoms with Crippen molar-refractivity contribution >= 4 is 11.7 Å². The van der Waals surface area contributed by atoms with Crippen LogP contribution < -0.4 is 9.64 Å². The van der Waals surface area contributed by atoms with Gasteiger partial charge in [-0.05, 0) is 12.8 Å². The number of amides is 1. The summed E-state index contributed by atoms with van der Waals surface area (Å²) >= 11 is 0. The molecule has 7 heteroatoms. The summed E-state index contributed by atoms with van der Waals surface area (Å²) in [4.78, 5) is 27.4. The Bertz CT molecular complexity index is 538. The zero-order valence-electron chi connectivity index (χ0n) is 14.5. The van der Waals surface area contributed by atoms with E-state index in [1.807, 2.05) is 6.07 Å². The Balaban J connectivity index is 1.48. The molecule has 24 heavy (non-hydrogen) atoms. The molecule has 0 bridgehead atoms. The summed E-state index contributed by atoms with van der Waals surface area (Å²) < 4.78 is 5.16. The minimum atomic E-state index is 0.286. The maximum atomic E-state index is 12.5. The minimum absolute atomic E-state index is 0.286. The van der Waals surface area contributed by atoms with Gasteiger partial charge in [-0.1, -0.05) is 12.8 Å². The van der Waals surface area contributed by atoms with Crippen LogP contribution in [0.2, 0.25) is 0 Å². The van der Waals surface area contributed by atoms with Gasteiger partial charge >= 0.3 is 0 Å². The number of hydrogen-bond donors (Lipinski definition) is 0. The van der Waals surface area contributed by atoms with Gasteiger partial charge in [0.05, 0.1) is 13.7 Å². The molecule has 0 aromatic carbocycles. The number of methoxy groups -OCH3 is 1. The molecule has 0 radical (unpaired) electrons. The van der Waals surface area contributed by atoms with Crippen LogP contribution in [0.4, 0.5) is 5.82 Å². The van der Waals surface area contributed by atoms with Gasteiger partial charge in [0.2, 0.25) is 11.8 Å². The molecule has 2 aliphatic rings. The molecule has 0 spiro atoms. The van der Waals surface area contributed by atoms with E-state index in [1.54, 1.807) is 7.11 Å². The first-order valence-electron chi connectivity index (χ1n) is 8.87. The summed E-state index contributed by atoms with van der Waals surface area (Å²) in [5, 5.41) is 0. The lowest BCUT2D eigenvalue weighted by Gasteiger charge is -2.35. The Morgan fingerprint density at radius 2 is 1.75 bits per heavy atom. The first-order chi connectivity index (χ1) is 11.8. The zero-order chi connectivity index (χ0) is 16.8. The van der Waals surface area contributed by atoms with E-state index in [0.29, 0.717) is 12.4 Å². The van der Waals surface area contributed by atoms with Gasteiger partial charge in [0.15, 0.2) is 0 Å². The lowest BCUT2D eigenvalue weighted by Crippen LogP contribution is -2.50. The van der Waals surface area contributed by atoms with Crippen LogP contribution >= 0.6 is 0 Å². The molecule has 0 N–H and O–H groups in total. The van der Waals surface area contributed by atoms with Gasteiger partial charge in [0, 0.05) is 45.3 Å².